The van der Waals surface area contributed by atoms with Crippen molar-refractivity contribution in [3.63, 3.8) is 0 Å². The molecule has 0 aliphatic carbocycles. The van der Waals surface area contributed by atoms with Crippen molar-refractivity contribution in [1.29, 1.82) is 0 Å². The summed E-state index contributed by atoms with van der Waals surface area (Å²) >= 11 is 4.91. The molecule has 2 rings (SSSR count). The molecular weight excluding hydrogens is 366 g/mol. The first-order valence-electron chi connectivity index (χ1n) is 6.47. The number of esters is 1. The minimum atomic E-state index is -0.552. The van der Waals surface area contributed by atoms with Crippen molar-refractivity contribution in [3.8, 4) is 0 Å². The number of rotatable bonds is 5. The van der Waals surface area contributed by atoms with Crippen LogP contribution in [0.15, 0.2) is 45.6 Å². The van der Waals surface area contributed by atoms with Crippen LogP contribution in [0.2, 0.25) is 0 Å². The molecule has 4 nitrogen and oxygen atoms in total. The Bertz CT molecular complexity index is 695. The number of thiophene rings is 1. The fraction of sp³-hybridized carbons (Fsp3) is 0.125. The zero-order chi connectivity index (χ0) is 15.9. The molecule has 1 aromatic carbocycles. The third-order valence-corrected chi connectivity index (χ3v) is 4.06. The van der Waals surface area contributed by atoms with Crippen LogP contribution in [0, 0.1) is 6.92 Å². The number of benzene rings is 1. The van der Waals surface area contributed by atoms with Gasteiger partial charge in [-0.3, -0.25) is 4.79 Å². The van der Waals surface area contributed by atoms with Crippen LogP contribution in [-0.2, 0) is 14.3 Å². The van der Waals surface area contributed by atoms with E-state index in [1.807, 2.05) is 35.9 Å². The summed E-state index contributed by atoms with van der Waals surface area (Å²) in [5.74, 6) is -0.939. The Morgan fingerprint density at radius 3 is 2.86 bits per heavy atom. The summed E-state index contributed by atoms with van der Waals surface area (Å²) in [6.07, 6.45) is 2.95. The number of ether oxygens (including phenoxy) is 1. The molecule has 1 heterocycles. The van der Waals surface area contributed by atoms with Gasteiger partial charge in [0, 0.05) is 10.5 Å². The first-order chi connectivity index (χ1) is 10.5. The van der Waals surface area contributed by atoms with Crippen molar-refractivity contribution in [2.45, 2.75) is 6.92 Å². The van der Waals surface area contributed by atoms with Gasteiger partial charge in [0.2, 0.25) is 0 Å². The van der Waals surface area contributed by atoms with Crippen LogP contribution in [0.4, 0.5) is 5.69 Å². The normalized spacial score (nSPS) is 10.6. The molecule has 0 spiro atoms. The van der Waals surface area contributed by atoms with Crippen molar-refractivity contribution in [2.24, 2.45) is 0 Å². The summed E-state index contributed by atoms with van der Waals surface area (Å²) in [5.41, 5.74) is 2.64. The summed E-state index contributed by atoms with van der Waals surface area (Å²) in [6.45, 7) is 1.63. The van der Waals surface area contributed by atoms with Gasteiger partial charge in [-0.05, 0) is 69.0 Å². The number of hydrogen-bond acceptors (Lipinski definition) is 4. The molecule has 0 unspecified atom stereocenters. The molecule has 0 aliphatic heterocycles. The van der Waals surface area contributed by atoms with Gasteiger partial charge < -0.3 is 10.1 Å². The SMILES string of the molecule is Cc1ccc(NC(=O)COC(=O)/C=C/c2ccsc2)c(Br)c1. The first kappa shape index (κ1) is 16.5. The highest BCUT2D eigenvalue weighted by atomic mass is 79.9. The predicted molar refractivity (Wildman–Crippen MR) is 91.8 cm³/mol. The van der Waals surface area contributed by atoms with Crippen LogP contribution in [-0.4, -0.2) is 18.5 Å². The van der Waals surface area contributed by atoms with Crippen molar-refractivity contribution in [3.05, 3.63) is 56.7 Å². The molecular formula is C16H14BrNO3S. The molecule has 0 saturated carbocycles. The van der Waals surface area contributed by atoms with E-state index >= 15 is 0 Å². The topological polar surface area (TPSA) is 55.4 Å². The van der Waals surface area contributed by atoms with E-state index in [9.17, 15) is 9.59 Å². The van der Waals surface area contributed by atoms with Gasteiger partial charge in [-0.25, -0.2) is 4.79 Å². The van der Waals surface area contributed by atoms with Crippen molar-refractivity contribution in [1.82, 2.24) is 0 Å². The molecule has 1 N–H and O–H groups in total. The van der Waals surface area contributed by atoms with Gasteiger partial charge in [0.1, 0.15) is 0 Å². The Balaban J connectivity index is 1.81. The summed E-state index contributed by atoms with van der Waals surface area (Å²) in [5, 5.41) is 6.50. The lowest BCUT2D eigenvalue weighted by molar-refractivity contribution is -0.142. The quantitative estimate of drug-likeness (QED) is 0.630. The maximum absolute atomic E-state index is 11.8. The number of amides is 1. The Morgan fingerprint density at radius 1 is 1.36 bits per heavy atom. The summed E-state index contributed by atoms with van der Waals surface area (Å²) in [7, 11) is 0. The maximum atomic E-state index is 11.8. The van der Waals surface area contributed by atoms with Gasteiger partial charge in [0.25, 0.3) is 5.91 Å². The third-order valence-electron chi connectivity index (χ3n) is 2.70. The molecule has 0 atom stereocenters. The third kappa shape index (κ3) is 5.13. The van der Waals surface area contributed by atoms with Gasteiger partial charge in [-0.2, -0.15) is 11.3 Å². The smallest absolute Gasteiger partial charge is 0.331 e. The second-order valence-electron chi connectivity index (χ2n) is 4.53. The summed E-state index contributed by atoms with van der Waals surface area (Å²) < 4.78 is 5.67. The summed E-state index contributed by atoms with van der Waals surface area (Å²) in [6, 6.07) is 7.45. The molecule has 1 aromatic heterocycles. The zero-order valence-corrected chi connectivity index (χ0v) is 14.2. The highest BCUT2D eigenvalue weighted by molar-refractivity contribution is 9.10. The number of carbonyl (C=O) groups excluding carboxylic acids is 2. The van der Waals surface area contributed by atoms with Crippen LogP contribution in [0.3, 0.4) is 0 Å². The molecule has 22 heavy (non-hydrogen) atoms. The lowest BCUT2D eigenvalue weighted by Crippen LogP contribution is -2.20. The van der Waals surface area contributed by atoms with Crippen LogP contribution in [0.25, 0.3) is 6.08 Å². The Morgan fingerprint density at radius 2 is 2.18 bits per heavy atom. The van der Waals surface area contributed by atoms with Crippen LogP contribution >= 0.6 is 27.3 Å². The van der Waals surface area contributed by atoms with Crippen molar-refractivity contribution < 1.29 is 14.3 Å². The Hall–Kier alpha value is -1.92. The van der Waals surface area contributed by atoms with E-state index in [-0.39, 0.29) is 12.5 Å². The average Bonchev–Trinajstić information content (AvgIpc) is 2.99. The van der Waals surface area contributed by atoms with E-state index in [0.717, 1.165) is 15.6 Å². The van der Waals surface area contributed by atoms with E-state index in [1.54, 1.807) is 23.5 Å². The highest BCUT2D eigenvalue weighted by Crippen LogP contribution is 2.23. The van der Waals surface area contributed by atoms with Crippen LogP contribution < -0.4 is 5.32 Å². The Kier molecular flexibility index (Phi) is 5.91. The second kappa shape index (κ2) is 7.91. The fourth-order valence-corrected chi connectivity index (χ4v) is 2.85. The zero-order valence-electron chi connectivity index (χ0n) is 11.8. The minimum Gasteiger partial charge on any atom is -0.452 e. The fourth-order valence-electron chi connectivity index (χ4n) is 1.63. The van der Waals surface area contributed by atoms with Crippen LogP contribution in [0.1, 0.15) is 11.1 Å². The number of halogens is 1. The van der Waals surface area contributed by atoms with E-state index in [4.69, 9.17) is 4.74 Å². The average molecular weight is 380 g/mol. The van der Waals surface area contributed by atoms with Crippen LogP contribution in [0.5, 0.6) is 0 Å². The number of aryl methyl sites for hydroxylation is 1. The number of anilines is 1. The highest BCUT2D eigenvalue weighted by Gasteiger charge is 2.08. The van der Waals surface area contributed by atoms with Gasteiger partial charge >= 0.3 is 5.97 Å². The number of hydrogen-bond donors (Lipinski definition) is 1. The van der Waals surface area contributed by atoms with Gasteiger partial charge in [-0.15, -0.1) is 0 Å². The molecule has 114 valence electrons. The van der Waals surface area contributed by atoms with E-state index in [2.05, 4.69) is 21.2 Å². The molecule has 0 bridgehead atoms. The molecule has 6 heteroatoms. The Labute approximate surface area is 140 Å². The standard InChI is InChI=1S/C16H14BrNO3S/c1-11-2-4-14(13(17)8-11)18-15(19)9-21-16(20)5-3-12-6-7-22-10-12/h2-8,10H,9H2,1H3,(H,18,19)/b5-3+. The van der Waals surface area contributed by atoms with Gasteiger partial charge in [0.15, 0.2) is 6.61 Å². The van der Waals surface area contributed by atoms with Gasteiger partial charge in [-0.1, -0.05) is 6.07 Å². The first-order valence-corrected chi connectivity index (χ1v) is 8.21. The van der Waals surface area contributed by atoms with E-state index < -0.39 is 5.97 Å². The maximum Gasteiger partial charge on any atom is 0.331 e. The van der Waals surface area contributed by atoms with E-state index in [1.165, 1.54) is 6.08 Å². The lowest BCUT2D eigenvalue weighted by Gasteiger charge is -2.08. The number of carbonyl (C=O) groups is 2. The monoisotopic (exact) mass is 379 g/mol. The molecule has 0 aliphatic rings. The molecule has 1 amide bonds. The van der Waals surface area contributed by atoms with Crippen molar-refractivity contribution in [2.75, 3.05) is 11.9 Å². The largest absolute Gasteiger partial charge is 0.452 e. The van der Waals surface area contributed by atoms with E-state index in [0.29, 0.717) is 5.69 Å². The molecule has 0 radical (unpaired) electrons. The van der Waals surface area contributed by atoms with Gasteiger partial charge in [0.05, 0.1) is 5.69 Å². The summed E-state index contributed by atoms with van der Waals surface area (Å²) in [4.78, 5) is 23.3. The minimum absolute atomic E-state index is 0.326. The molecule has 2 aromatic rings. The molecule has 0 saturated heterocycles. The second-order valence-corrected chi connectivity index (χ2v) is 6.16. The molecule has 0 fully saturated rings. The predicted octanol–water partition coefficient (Wildman–Crippen LogP) is 4.01. The number of nitrogens with one attached hydrogen (secondary N) is 1. The van der Waals surface area contributed by atoms with Crippen molar-refractivity contribution >= 4 is 50.9 Å². The lowest BCUT2D eigenvalue weighted by atomic mass is 10.2.